The smallest absolute Gasteiger partial charge is 0.277 e. The molecule has 0 N–H and O–H groups in total. The normalized spacial score (nSPS) is 10.8. The van der Waals surface area contributed by atoms with E-state index in [1.54, 1.807) is 17.9 Å². The van der Waals surface area contributed by atoms with Crippen LogP contribution in [0, 0.1) is 6.92 Å². The van der Waals surface area contributed by atoms with Gasteiger partial charge in [-0.15, -0.1) is 10.2 Å². The molecule has 0 unspecified atom stereocenters. The van der Waals surface area contributed by atoms with Crippen molar-refractivity contribution in [2.24, 2.45) is 0 Å². The van der Waals surface area contributed by atoms with E-state index in [2.05, 4.69) is 15.4 Å². The zero-order chi connectivity index (χ0) is 19.3. The molecular weight excluding hydrogens is 376 g/mol. The first-order valence-electron chi connectivity index (χ1n) is 8.54. The number of thioether (sulfide) groups is 1. The van der Waals surface area contributed by atoms with Gasteiger partial charge in [0.05, 0.1) is 5.75 Å². The van der Waals surface area contributed by atoms with Crippen molar-refractivity contribution in [1.29, 1.82) is 0 Å². The number of carbonyl (C=O) groups excluding carboxylic acids is 1. The van der Waals surface area contributed by atoms with Crippen molar-refractivity contribution in [1.82, 2.24) is 15.4 Å². The molecule has 140 valence electrons. The van der Waals surface area contributed by atoms with Gasteiger partial charge in [0.1, 0.15) is 5.76 Å². The zero-order valence-corrected chi connectivity index (χ0v) is 15.8. The number of benzene rings is 2. The van der Waals surface area contributed by atoms with Crippen LogP contribution in [0.5, 0.6) is 0 Å². The molecule has 2 aromatic carbocycles. The van der Waals surface area contributed by atoms with E-state index < -0.39 is 0 Å². The standard InChI is InChI=1S/C20H16N4O3S/c1-14-12-17(23-27-14)19-21-22-20(26-19)28-13-18(25)24(15-8-4-2-5-9-15)16-10-6-3-7-11-16/h2-12H,13H2,1H3. The minimum Gasteiger partial charge on any atom is -0.409 e. The molecule has 28 heavy (non-hydrogen) atoms. The van der Waals surface area contributed by atoms with E-state index in [9.17, 15) is 4.79 Å². The van der Waals surface area contributed by atoms with E-state index in [4.69, 9.17) is 8.94 Å². The number of amides is 1. The van der Waals surface area contributed by atoms with E-state index in [-0.39, 0.29) is 17.6 Å². The molecule has 0 saturated carbocycles. The summed E-state index contributed by atoms with van der Waals surface area (Å²) in [6.07, 6.45) is 0. The lowest BCUT2D eigenvalue weighted by Crippen LogP contribution is -2.27. The van der Waals surface area contributed by atoms with E-state index in [0.717, 1.165) is 11.4 Å². The molecule has 0 fully saturated rings. The first kappa shape index (κ1) is 18.0. The summed E-state index contributed by atoms with van der Waals surface area (Å²) in [4.78, 5) is 14.7. The van der Waals surface area contributed by atoms with Crippen LogP contribution in [-0.2, 0) is 4.79 Å². The second-order valence-electron chi connectivity index (χ2n) is 5.88. The zero-order valence-electron chi connectivity index (χ0n) is 15.0. The minimum absolute atomic E-state index is 0.0977. The maximum atomic E-state index is 13.0. The summed E-state index contributed by atoms with van der Waals surface area (Å²) in [5.41, 5.74) is 2.06. The summed E-state index contributed by atoms with van der Waals surface area (Å²) in [6.45, 7) is 1.78. The number of para-hydroxylation sites is 2. The Morgan fingerprint density at radius 1 is 1.00 bits per heavy atom. The number of hydrogen-bond acceptors (Lipinski definition) is 7. The molecule has 2 heterocycles. The van der Waals surface area contributed by atoms with Gasteiger partial charge in [-0.1, -0.05) is 53.3 Å². The van der Waals surface area contributed by atoms with Gasteiger partial charge in [-0.2, -0.15) is 0 Å². The Morgan fingerprint density at radius 3 is 2.21 bits per heavy atom. The second kappa shape index (κ2) is 8.10. The molecule has 7 nitrogen and oxygen atoms in total. The van der Waals surface area contributed by atoms with Gasteiger partial charge < -0.3 is 8.94 Å². The molecule has 2 aromatic heterocycles. The predicted molar refractivity (Wildman–Crippen MR) is 105 cm³/mol. The number of nitrogens with zero attached hydrogens (tertiary/aromatic N) is 4. The highest BCUT2D eigenvalue weighted by atomic mass is 32.2. The first-order chi connectivity index (χ1) is 13.7. The summed E-state index contributed by atoms with van der Waals surface area (Å²) in [7, 11) is 0. The quantitative estimate of drug-likeness (QED) is 0.447. The van der Waals surface area contributed by atoms with Crippen LogP contribution in [0.4, 0.5) is 11.4 Å². The van der Waals surface area contributed by atoms with Gasteiger partial charge in [0.25, 0.3) is 11.1 Å². The molecule has 4 aromatic rings. The monoisotopic (exact) mass is 392 g/mol. The number of anilines is 2. The fraction of sp³-hybridized carbons (Fsp3) is 0.100. The van der Waals surface area contributed by atoms with Crippen LogP contribution in [0.15, 0.2) is 80.9 Å². The Labute approximate surface area is 165 Å². The summed E-state index contributed by atoms with van der Waals surface area (Å²) >= 11 is 1.18. The molecule has 0 bridgehead atoms. The van der Waals surface area contributed by atoms with Gasteiger partial charge in [0.2, 0.25) is 5.91 Å². The number of rotatable bonds is 6. The third kappa shape index (κ3) is 3.96. The fourth-order valence-electron chi connectivity index (χ4n) is 2.62. The lowest BCUT2D eigenvalue weighted by Gasteiger charge is -2.22. The minimum atomic E-state index is -0.0977. The van der Waals surface area contributed by atoms with E-state index in [0.29, 0.717) is 16.7 Å². The van der Waals surface area contributed by atoms with E-state index >= 15 is 0 Å². The van der Waals surface area contributed by atoms with Gasteiger partial charge in [-0.25, -0.2) is 0 Å². The summed E-state index contributed by atoms with van der Waals surface area (Å²) < 4.78 is 10.6. The fourth-order valence-corrected chi connectivity index (χ4v) is 3.23. The maximum Gasteiger partial charge on any atom is 0.277 e. The highest BCUT2D eigenvalue weighted by molar-refractivity contribution is 7.99. The van der Waals surface area contributed by atoms with Crippen LogP contribution in [0.3, 0.4) is 0 Å². The number of hydrogen-bond donors (Lipinski definition) is 0. The average molecular weight is 392 g/mol. The molecule has 8 heteroatoms. The van der Waals surface area contributed by atoms with Gasteiger partial charge in [-0.05, 0) is 31.2 Å². The molecule has 0 aliphatic carbocycles. The van der Waals surface area contributed by atoms with Crippen LogP contribution in [0.1, 0.15) is 5.76 Å². The Balaban J connectivity index is 1.50. The molecule has 0 radical (unpaired) electrons. The molecule has 0 aliphatic heterocycles. The lowest BCUT2D eigenvalue weighted by atomic mass is 10.2. The molecule has 0 spiro atoms. The third-order valence-electron chi connectivity index (χ3n) is 3.85. The Kier molecular flexibility index (Phi) is 5.20. The van der Waals surface area contributed by atoms with Crippen molar-refractivity contribution in [2.75, 3.05) is 10.7 Å². The largest absolute Gasteiger partial charge is 0.409 e. The highest BCUT2D eigenvalue weighted by Gasteiger charge is 2.20. The van der Waals surface area contributed by atoms with Crippen molar-refractivity contribution < 1.29 is 13.7 Å². The molecule has 0 saturated heterocycles. The van der Waals surface area contributed by atoms with E-state index in [1.807, 2.05) is 60.7 Å². The summed E-state index contributed by atoms with van der Waals surface area (Å²) in [6, 6.07) is 20.7. The molecule has 0 aliphatic rings. The van der Waals surface area contributed by atoms with Crippen LogP contribution in [0.2, 0.25) is 0 Å². The topological polar surface area (TPSA) is 85.3 Å². The van der Waals surface area contributed by atoms with Gasteiger partial charge >= 0.3 is 0 Å². The lowest BCUT2D eigenvalue weighted by molar-refractivity contribution is -0.115. The van der Waals surface area contributed by atoms with Crippen molar-refractivity contribution >= 4 is 29.0 Å². The maximum absolute atomic E-state index is 13.0. The SMILES string of the molecule is Cc1cc(-c2nnc(SCC(=O)N(c3ccccc3)c3ccccc3)o2)no1. The Hall–Kier alpha value is -3.39. The second-order valence-corrected chi connectivity index (χ2v) is 6.81. The molecule has 1 amide bonds. The van der Waals surface area contributed by atoms with Crippen molar-refractivity contribution in [2.45, 2.75) is 12.1 Å². The van der Waals surface area contributed by atoms with Crippen LogP contribution < -0.4 is 4.90 Å². The molecular formula is C20H16N4O3S. The summed E-state index contributed by atoms with van der Waals surface area (Å²) in [5.74, 6) is 0.955. The number of aromatic nitrogens is 3. The molecule has 0 atom stereocenters. The average Bonchev–Trinajstić information content (AvgIpc) is 3.37. The van der Waals surface area contributed by atoms with Gasteiger partial charge in [-0.3, -0.25) is 9.69 Å². The van der Waals surface area contributed by atoms with Crippen LogP contribution in [-0.4, -0.2) is 27.0 Å². The first-order valence-corrected chi connectivity index (χ1v) is 9.52. The third-order valence-corrected chi connectivity index (χ3v) is 4.65. The van der Waals surface area contributed by atoms with Crippen molar-refractivity contribution in [3.63, 3.8) is 0 Å². The Bertz CT molecular complexity index is 1020. The number of aryl methyl sites for hydroxylation is 1. The van der Waals surface area contributed by atoms with Crippen molar-refractivity contribution in [3.8, 4) is 11.6 Å². The predicted octanol–water partition coefficient (Wildman–Crippen LogP) is 4.49. The highest BCUT2D eigenvalue weighted by Crippen LogP contribution is 2.28. The molecule has 4 rings (SSSR count). The summed E-state index contributed by atoms with van der Waals surface area (Å²) in [5, 5.41) is 12.1. The van der Waals surface area contributed by atoms with Gasteiger partial charge in [0.15, 0.2) is 5.69 Å². The Morgan fingerprint density at radius 2 is 1.64 bits per heavy atom. The van der Waals surface area contributed by atoms with E-state index in [1.165, 1.54) is 11.8 Å². The number of carbonyl (C=O) groups is 1. The van der Waals surface area contributed by atoms with Crippen LogP contribution >= 0.6 is 11.8 Å². The van der Waals surface area contributed by atoms with Crippen LogP contribution in [0.25, 0.3) is 11.6 Å². The van der Waals surface area contributed by atoms with Gasteiger partial charge in [0, 0.05) is 17.4 Å². The van der Waals surface area contributed by atoms with Crippen molar-refractivity contribution in [3.05, 3.63) is 72.5 Å².